The van der Waals surface area contributed by atoms with Crippen molar-refractivity contribution >= 4 is 42.6 Å². The quantitative estimate of drug-likeness (QED) is 0.0670. The topological polar surface area (TPSA) is 146 Å². The molecule has 2 saturated heterocycles. The average Bonchev–Trinajstić information content (AvgIpc) is 3.63. The highest BCUT2D eigenvalue weighted by atomic mass is 31.2. The van der Waals surface area contributed by atoms with Crippen LogP contribution in [0.4, 0.5) is 49.4 Å². The van der Waals surface area contributed by atoms with E-state index in [2.05, 4.69) is 31.3 Å². The number of alkyl halides is 6. The molecule has 1 unspecified atom stereocenters. The molecule has 8 rings (SSSR count). The van der Waals surface area contributed by atoms with Crippen molar-refractivity contribution in [3.05, 3.63) is 154 Å². The smallest absolute Gasteiger partial charge is 0.416 e. The SMILES string of the molecule is Cc1cc(C(F)(F)F)cc(C(C)(C)C(=O)N(C)c2cnc(N3CCN(C)CC3)cc2-c2ccccc2C)c1.Cc1cc(C(F)(F)F)cc(C(C)(C)C(=O)N(C)c2cnc(N3CC[N+](C)(COP(=O)([O-])O)CC3)cc2-c2ccccc2C)c1. The zero-order valence-corrected chi connectivity index (χ0v) is 49.4. The highest BCUT2D eigenvalue weighted by Gasteiger charge is 2.40. The molecule has 0 saturated carbocycles. The molecule has 2 aliphatic rings. The van der Waals surface area contributed by atoms with Crippen LogP contribution in [0.1, 0.15) is 72.2 Å². The van der Waals surface area contributed by atoms with Gasteiger partial charge in [-0.05, 0) is 132 Å². The summed E-state index contributed by atoms with van der Waals surface area (Å²) in [5.74, 6) is 0.782. The van der Waals surface area contributed by atoms with Gasteiger partial charge in [-0.1, -0.05) is 71.8 Å². The molecular formula is C61H73F6N8O6P. The number of nitrogens with zero attached hydrogens (tertiary/aromatic N) is 8. The molecule has 1 N–H and O–H groups in total. The second-order valence-electron chi connectivity index (χ2n) is 23.0. The molecule has 440 valence electrons. The van der Waals surface area contributed by atoms with Gasteiger partial charge in [0.05, 0.1) is 79.0 Å². The van der Waals surface area contributed by atoms with Gasteiger partial charge in [0.2, 0.25) is 11.8 Å². The van der Waals surface area contributed by atoms with Crippen molar-refractivity contribution < 1.29 is 59.3 Å². The predicted molar refractivity (Wildman–Crippen MR) is 308 cm³/mol. The number of carbonyl (C=O) groups excluding carboxylic acids is 2. The lowest BCUT2D eigenvalue weighted by Gasteiger charge is -2.42. The van der Waals surface area contributed by atoms with Crippen molar-refractivity contribution in [1.82, 2.24) is 14.9 Å². The van der Waals surface area contributed by atoms with E-state index < -0.39 is 48.0 Å². The van der Waals surface area contributed by atoms with Gasteiger partial charge in [-0.3, -0.25) is 18.7 Å². The Morgan fingerprint density at radius 2 is 0.976 bits per heavy atom. The lowest BCUT2D eigenvalue weighted by molar-refractivity contribution is -0.925. The number of piperazine rings is 2. The Morgan fingerprint density at radius 3 is 1.34 bits per heavy atom. The summed E-state index contributed by atoms with van der Waals surface area (Å²) < 4.78 is 97.5. The van der Waals surface area contributed by atoms with E-state index >= 15 is 0 Å². The van der Waals surface area contributed by atoms with Crippen molar-refractivity contribution in [2.75, 3.05) is 107 Å². The minimum Gasteiger partial charge on any atom is -0.756 e. The van der Waals surface area contributed by atoms with E-state index in [1.807, 2.05) is 81.6 Å². The number of benzene rings is 4. The number of hydrogen-bond donors (Lipinski definition) is 1. The number of amides is 2. The van der Waals surface area contributed by atoms with Crippen molar-refractivity contribution in [2.45, 2.75) is 78.6 Å². The van der Waals surface area contributed by atoms with Gasteiger partial charge in [0.1, 0.15) is 11.6 Å². The molecule has 21 heteroatoms. The zero-order valence-electron chi connectivity index (χ0n) is 48.5. The van der Waals surface area contributed by atoms with Crippen molar-refractivity contribution in [2.24, 2.45) is 0 Å². The van der Waals surface area contributed by atoms with Gasteiger partial charge in [0.15, 0.2) is 6.73 Å². The van der Waals surface area contributed by atoms with Gasteiger partial charge in [-0.25, -0.2) is 9.97 Å². The Morgan fingerprint density at radius 1 is 0.610 bits per heavy atom. The minimum atomic E-state index is -4.83. The molecule has 4 aromatic carbocycles. The summed E-state index contributed by atoms with van der Waals surface area (Å²) >= 11 is 0. The van der Waals surface area contributed by atoms with E-state index in [0.717, 1.165) is 89.6 Å². The van der Waals surface area contributed by atoms with Crippen LogP contribution in [0.5, 0.6) is 0 Å². The van der Waals surface area contributed by atoms with E-state index in [9.17, 15) is 45.4 Å². The molecule has 82 heavy (non-hydrogen) atoms. The third-order valence-electron chi connectivity index (χ3n) is 15.8. The van der Waals surface area contributed by atoms with Crippen LogP contribution in [-0.4, -0.2) is 123 Å². The largest absolute Gasteiger partial charge is 0.756 e. The van der Waals surface area contributed by atoms with E-state index in [1.54, 1.807) is 80.2 Å². The Balaban J connectivity index is 0.000000239. The van der Waals surface area contributed by atoms with Gasteiger partial charge in [0.25, 0.3) is 7.82 Å². The molecule has 6 aromatic rings. The van der Waals surface area contributed by atoms with Gasteiger partial charge >= 0.3 is 12.4 Å². The van der Waals surface area contributed by atoms with E-state index in [4.69, 9.17) is 9.88 Å². The van der Waals surface area contributed by atoms with Crippen LogP contribution in [0.25, 0.3) is 22.3 Å². The van der Waals surface area contributed by atoms with Crippen molar-refractivity contribution in [1.29, 1.82) is 0 Å². The lowest BCUT2D eigenvalue weighted by atomic mass is 9.81. The van der Waals surface area contributed by atoms with Crippen LogP contribution in [0.3, 0.4) is 0 Å². The number of hydrogen-bond acceptors (Lipinski definition) is 10. The average molecular weight is 1160 g/mol. The first-order chi connectivity index (χ1) is 38.1. The number of halogens is 6. The van der Waals surface area contributed by atoms with Gasteiger partial charge in [-0.2, -0.15) is 26.3 Å². The summed E-state index contributed by atoms with van der Waals surface area (Å²) in [5.41, 5.74) is 3.97. The number of aryl methyl sites for hydroxylation is 4. The van der Waals surface area contributed by atoms with Crippen LogP contribution in [-0.2, 0) is 41.9 Å². The van der Waals surface area contributed by atoms with Crippen LogP contribution in [0.2, 0.25) is 0 Å². The first-order valence-corrected chi connectivity index (χ1v) is 28.4. The Bertz CT molecular complexity index is 3350. The summed E-state index contributed by atoms with van der Waals surface area (Å²) in [5, 5.41) is 0. The molecule has 2 aliphatic heterocycles. The Labute approximate surface area is 476 Å². The van der Waals surface area contributed by atoms with Crippen molar-refractivity contribution in [3.8, 4) is 22.3 Å². The fourth-order valence-corrected chi connectivity index (χ4v) is 10.8. The molecule has 2 amide bonds. The molecule has 0 bridgehead atoms. The van der Waals surface area contributed by atoms with Crippen LogP contribution < -0.4 is 24.5 Å². The molecule has 1 atom stereocenters. The van der Waals surface area contributed by atoms with Gasteiger partial charge < -0.3 is 38.8 Å². The molecule has 2 aromatic heterocycles. The van der Waals surface area contributed by atoms with E-state index in [0.29, 0.717) is 60.1 Å². The normalized spacial score (nSPS) is 16.0. The summed E-state index contributed by atoms with van der Waals surface area (Å²) in [7, 11) is 2.37. The number of phosphoric acid groups is 1. The summed E-state index contributed by atoms with van der Waals surface area (Å²) in [6.07, 6.45) is -5.72. The maximum atomic E-state index is 14.0. The molecule has 4 heterocycles. The fourth-order valence-electron chi connectivity index (χ4n) is 10.4. The number of anilines is 4. The second kappa shape index (κ2) is 24.3. The van der Waals surface area contributed by atoms with Crippen LogP contribution in [0.15, 0.2) is 109 Å². The monoisotopic (exact) mass is 1160 g/mol. The fraction of sp³-hybridized carbons (Fsp3) is 0.410. The molecule has 2 fully saturated rings. The summed E-state index contributed by atoms with van der Waals surface area (Å²) in [6, 6.07) is 27.1. The predicted octanol–water partition coefficient (Wildman–Crippen LogP) is 11.1. The standard InChI is InChI=1S/C31H38F3N4O5P.C30H35F3N4O/c1-21-15-23(17-24(16-21)31(32,33)34)30(3,4)29(39)36(5)27-19-35-28(18-26(27)25-10-8-7-9-22(25)2)37-11-13-38(6,14-12-37)20-43-44(40,41)42;1-20-15-22(17-23(16-20)30(31,32)33)29(3,4)28(38)36(6)26-19-34-27(37-13-11-35(5)12-14-37)18-25(26)24-10-8-7-9-21(24)2/h7-10,15-19H,11-14,20H2,1-6H3,(H-,40,41,42);7-10,15-19H,11-14H2,1-6H3. The zero-order chi connectivity index (χ0) is 60.5. The first kappa shape index (κ1) is 62.9. The van der Waals surface area contributed by atoms with E-state index in [1.165, 1.54) is 9.80 Å². The summed E-state index contributed by atoms with van der Waals surface area (Å²) in [6.45, 7) is 19.3. The third-order valence-corrected chi connectivity index (χ3v) is 16.2. The highest BCUT2D eigenvalue weighted by molar-refractivity contribution is 7.44. The van der Waals surface area contributed by atoms with Gasteiger partial charge in [-0.15, -0.1) is 0 Å². The summed E-state index contributed by atoms with van der Waals surface area (Å²) in [4.78, 5) is 67.0. The number of pyridine rings is 2. The number of aromatic nitrogens is 2. The second-order valence-corrected chi connectivity index (χ2v) is 24.2. The van der Waals surface area contributed by atoms with Gasteiger partial charge in [0, 0.05) is 51.4 Å². The Kier molecular flexibility index (Phi) is 18.6. The van der Waals surface area contributed by atoms with Crippen LogP contribution in [0, 0.1) is 27.7 Å². The molecule has 0 spiro atoms. The first-order valence-electron chi connectivity index (χ1n) is 26.9. The molecule has 0 radical (unpaired) electrons. The number of likely N-dealkylation sites (N-methyl/N-ethyl adjacent to an activating group) is 4. The lowest BCUT2D eigenvalue weighted by Crippen LogP contribution is -2.58. The Hall–Kier alpha value is -6.67. The maximum Gasteiger partial charge on any atom is 0.416 e. The van der Waals surface area contributed by atoms with E-state index in [-0.39, 0.29) is 22.7 Å². The number of rotatable bonds is 13. The van der Waals surface area contributed by atoms with Crippen molar-refractivity contribution in [3.63, 3.8) is 0 Å². The molecule has 0 aliphatic carbocycles. The highest BCUT2D eigenvalue weighted by Crippen LogP contribution is 2.42. The third kappa shape index (κ3) is 14.6. The van der Waals surface area contributed by atoms with Crippen LogP contribution >= 0.6 is 7.82 Å². The minimum absolute atomic E-state index is 0.181. The number of phosphoric ester groups is 1. The molecular weight excluding hydrogens is 1090 g/mol. The maximum absolute atomic E-state index is 14.0. The number of quaternary nitrogens is 1. The number of carbonyl (C=O) groups is 2. The molecule has 14 nitrogen and oxygen atoms in total.